The van der Waals surface area contributed by atoms with E-state index in [1.165, 1.54) is 12.3 Å². The summed E-state index contributed by atoms with van der Waals surface area (Å²) >= 11 is 0. The molecule has 0 aliphatic heterocycles. The third-order valence-electron chi connectivity index (χ3n) is 3.28. The standard InChI is InChI=1S/C17H20FN3O/c1-12(20-17(22)11-21(2)3)13-5-4-6-14(9-13)15-7-8-16(18)19-10-15/h4-10,12H,11H2,1-3H3,(H,20,22)/t12-/m0/s1. The number of aromatic nitrogens is 1. The Morgan fingerprint density at radius 3 is 2.68 bits per heavy atom. The van der Waals surface area contributed by atoms with Gasteiger partial charge in [-0.3, -0.25) is 4.79 Å². The second kappa shape index (κ2) is 7.13. The summed E-state index contributed by atoms with van der Waals surface area (Å²) in [6.07, 6.45) is 1.50. The van der Waals surface area contributed by atoms with Crippen LogP contribution < -0.4 is 5.32 Å². The van der Waals surface area contributed by atoms with Gasteiger partial charge in [0.1, 0.15) is 0 Å². The van der Waals surface area contributed by atoms with Gasteiger partial charge in [-0.05, 0) is 50.3 Å². The molecule has 0 bridgehead atoms. The molecular weight excluding hydrogens is 281 g/mol. The van der Waals surface area contributed by atoms with Gasteiger partial charge in [0.2, 0.25) is 11.9 Å². The summed E-state index contributed by atoms with van der Waals surface area (Å²) in [7, 11) is 3.71. The molecule has 116 valence electrons. The average molecular weight is 301 g/mol. The molecule has 0 saturated carbocycles. The van der Waals surface area contributed by atoms with Crippen LogP contribution in [0.4, 0.5) is 4.39 Å². The molecule has 0 fully saturated rings. The Morgan fingerprint density at radius 2 is 2.05 bits per heavy atom. The van der Waals surface area contributed by atoms with Crippen LogP contribution >= 0.6 is 0 Å². The largest absolute Gasteiger partial charge is 0.348 e. The van der Waals surface area contributed by atoms with Crippen molar-refractivity contribution in [2.45, 2.75) is 13.0 Å². The maximum Gasteiger partial charge on any atom is 0.234 e. The van der Waals surface area contributed by atoms with E-state index in [1.54, 1.807) is 6.07 Å². The molecule has 0 aliphatic carbocycles. The first-order chi connectivity index (χ1) is 10.5. The third kappa shape index (κ3) is 4.36. The molecule has 1 atom stereocenters. The van der Waals surface area contributed by atoms with E-state index < -0.39 is 5.95 Å². The number of halogens is 1. The smallest absolute Gasteiger partial charge is 0.234 e. The quantitative estimate of drug-likeness (QED) is 0.864. The molecule has 5 heteroatoms. The lowest BCUT2D eigenvalue weighted by atomic mass is 10.0. The summed E-state index contributed by atoms with van der Waals surface area (Å²) in [6, 6.07) is 10.7. The maximum absolute atomic E-state index is 12.9. The van der Waals surface area contributed by atoms with Gasteiger partial charge >= 0.3 is 0 Å². The number of benzene rings is 1. The zero-order chi connectivity index (χ0) is 16.1. The van der Waals surface area contributed by atoms with E-state index in [2.05, 4.69) is 10.3 Å². The molecule has 4 nitrogen and oxygen atoms in total. The van der Waals surface area contributed by atoms with Crippen molar-refractivity contribution in [3.8, 4) is 11.1 Å². The van der Waals surface area contributed by atoms with E-state index in [9.17, 15) is 9.18 Å². The van der Waals surface area contributed by atoms with Crippen molar-refractivity contribution in [2.24, 2.45) is 0 Å². The van der Waals surface area contributed by atoms with Crippen molar-refractivity contribution in [3.05, 3.63) is 54.1 Å². The predicted octanol–water partition coefficient (Wildman–Crippen LogP) is 2.63. The molecule has 1 amide bonds. The van der Waals surface area contributed by atoms with Crippen LogP contribution in [0.2, 0.25) is 0 Å². The normalized spacial score (nSPS) is 12.2. The predicted molar refractivity (Wildman–Crippen MR) is 84.7 cm³/mol. The molecule has 1 aromatic heterocycles. The van der Waals surface area contributed by atoms with Crippen LogP contribution in [0.1, 0.15) is 18.5 Å². The number of carbonyl (C=O) groups excluding carboxylic acids is 1. The molecule has 22 heavy (non-hydrogen) atoms. The van der Waals surface area contributed by atoms with Gasteiger partial charge in [0.25, 0.3) is 0 Å². The number of nitrogens with zero attached hydrogens (tertiary/aromatic N) is 2. The van der Waals surface area contributed by atoms with E-state index in [-0.39, 0.29) is 11.9 Å². The molecule has 1 N–H and O–H groups in total. The lowest BCUT2D eigenvalue weighted by Gasteiger charge is -2.17. The molecule has 0 radical (unpaired) electrons. The average Bonchev–Trinajstić information content (AvgIpc) is 2.47. The third-order valence-corrected chi connectivity index (χ3v) is 3.28. The first-order valence-electron chi connectivity index (χ1n) is 7.11. The molecule has 1 aromatic carbocycles. The fraction of sp³-hybridized carbons (Fsp3) is 0.294. The Balaban J connectivity index is 2.14. The van der Waals surface area contributed by atoms with Crippen LogP contribution in [0.3, 0.4) is 0 Å². The van der Waals surface area contributed by atoms with Crippen molar-refractivity contribution in [3.63, 3.8) is 0 Å². The minimum atomic E-state index is -0.496. The van der Waals surface area contributed by atoms with Gasteiger partial charge in [-0.1, -0.05) is 18.2 Å². The van der Waals surface area contributed by atoms with Crippen LogP contribution in [0, 0.1) is 5.95 Å². The first-order valence-corrected chi connectivity index (χ1v) is 7.11. The number of amides is 1. The van der Waals surface area contributed by atoms with Crippen molar-refractivity contribution in [2.75, 3.05) is 20.6 Å². The SMILES string of the molecule is C[C@H](NC(=O)CN(C)C)c1cccc(-c2ccc(F)nc2)c1. The van der Waals surface area contributed by atoms with Gasteiger partial charge in [0, 0.05) is 11.8 Å². The van der Waals surface area contributed by atoms with Gasteiger partial charge in [-0.15, -0.1) is 0 Å². The Labute approximate surface area is 130 Å². The summed E-state index contributed by atoms with van der Waals surface area (Å²) in [4.78, 5) is 17.3. The van der Waals surface area contributed by atoms with E-state index in [0.717, 1.165) is 16.7 Å². The molecular formula is C17H20FN3O. The first kappa shape index (κ1) is 16.1. The lowest BCUT2D eigenvalue weighted by Crippen LogP contribution is -2.34. The fourth-order valence-electron chi connectivity index (χ4n) is 2.19. The number of rotatable bonds is 5. The number of hydrogen-bond acceptors (Lipinski definition) is 3. The zero-order valence-electron chi connectivity index (χ0n) is 13.0. The maximum atomic E-state index is 12.9. The molecule has 1 heterocycles. The van der Waals surface area contributed by atoms with Crippen LogP contribution in [0.5, 0.6) is 0 Å². The van der Waals surface area contributed by atoms with Crippen molar-refractivity contribution in [1.82, 2.24) is 15.2 Å². The summed E-state index contributed by atoms with van der Waals surface area (Å²) in [5.41, 5.74) is 2.78. The number of likely N-dealkylation sites (N-methyl/N-ethyl adjacent to an activating group) is 1. The molecule has 2 aromatic rings. The highest BCUT2D eigenvalue weighted by molar-refractivity contribution is 5.78. The van der Waals surface area contributed by atoms with Crippen molar-refractivity contribution in [1.29, 1.82) is 0 Å². The molecule has 0 saturated heterocycles. The van der Waals surface area contributed by atoms with Crippen molar-refractivity contribution < 1.29 is 9.18 Å². The number of hydrogen-bond donors (Lipinski definition) is 1. The minimum absolute atomic E-state index is 0.0219. The monoisotopic (exact) mass is 301 g/mol. The summed E-state index contributed by atoms with van der Waals surface area (Å²) in [5.74, 6) is -0.518. The molecule has 2 rings (SSSR count). The van der Waals surface area contributed by atoms with Crippen LogP contribution in [0.25, 0.3) is 11.1 Å². The topological polar surface area (TPSA) is 45.2 Å². The van der Waals surface area contributed by atoms with Gasteiger partial charge in [0.05, 0.1) is 12.6 Å². The summed E-state index contributed by atoms with van der Waals surface area (Å²) in [5, 5.41) is 2.96. The van der Waals surface area contributed by atoms with Gasteiger partial charge in [0.15, 0.2) is 0 Å². The Hall–Kier alpha value is -2.27. The second-order valence-electron chi connectivity index (χ2n) is 5.52. The van der Waals surface area contributed by atoms with Crippen LogP contribution in [0.15, 0.2) is 42.6 Å². The fourth-order valence-corrected chi connectivity index (χ4v) is 2.19. The lowest BCUT2D eigenvalue weighted by molar-refractivity contribution is -0.122. The highest BCUT2D eigenvalue weighted by Crippen LogP contribution is 2.22. The number of pyridine rings is 1. The van der Waals surface area contributed by atoms with E-state index in [1.807, 2.05) is 50.2 Å². The van der Waals surface area contributed by atoms with E-state index in [4.69, 9.17) is 0 Å². The highest BCUT2D eigenvalue weighted by Gasteiger charge is 2.11. The van der Waals surface area contributed by atoms with Gasteiger partial charge in [-0.2, -0.15) is 4.39 Å². The summed E-state index contributed by atoms with van der Waals surface area (Å²) < 4.78 is 12.9. The molecule has 0 unspecified atom stereocenters. The van der Waals surface area contributed by atoms with E-state index >= 15 is 0 Å². The Morgan fingerprint density at radius 1 is 1.27 bits per heavy atom. The number of carbonyl (C=O) groups is 1. The summed E-state index contributed by atoms with van der Waals surface area (Å²) in [6.45, 7) is 2.29. The van der Waals surface area contributed by atoms with Crippen LogP contribution in [-0.4, -0.2) is 36.4 Å². The van der Waals surface area contributed by atoms with Crippen molar-refractivity contribution >= 4 is 5.91 Å². The number of nitrogens with one attached hydrogen (secondary N) is 1. The zero-order valence-corrected chi connectivity index (χ0v) is 13.0. The van der Waals surface area contributed by atoms with Gasteiger partial charge in [-0.25, -0.2) is 4.98 Å². The molecule has 0 aliphatic rings. The second-order valence-corrected chi connectivity index (χ2v) is 5.52. The van der Waals surface area contributed by atoms with Gasteiger partial charge < -0.3 is 10.2 Å². The van der Waals surface area contributed by atoms with Crippen LogP contribution in [-0.2, 0) is 4.79 Å². The highest BCUT2D eigenvalue weighted by atomic mass is 19.1. The molecule has 0 spiro atoms. The Bertz CT molecular complexity index is 641. The minimum Gasteiger partial charge on any atom is -0.348 e. The Kier molecular flexibility index (Phi) is 5.22. The van der Waals surface area contributed by atoms with E-state index in [0.29, 0.717) is 6.54 Å².